The molecule has 0 aliphatic rings. The van der Waals surface area contributed by atoms with Crippen molar-refractivity contribution >= 4 is 22.8 Å². The summed E-state index contributed by atoms with van der Waals surface area (Å²) in [4.78, 5) is 22.1. The summed E-state index contributed by atoms with van der Waals surface area (Å²) in [6.07, 6.45) is 3.91. The average molecular weight is 183 g/mol. The first-order valence-corrected chi connectivity index (χ1v) is 3.46. The van der Waals surface area contributed by atoms with E-state index in [1.165, 1.54) is 18.9 Å². The van der Waals surface area contributed by atoms with E-state index >= 15 is 0 Å². The standard InChI is InChI=1S/C6H3ClN4O/c7-11-3-10-6(12)4-1-8-2-9-5(4)11/h1-3H. The van der Waals surface area contributed by atoms with Crippen molar-refractivity contribution in [1.82, 2.24) is 19.0 Å². The number of aromatic nitrogens is 4. The molecule has 0 aliphatic carbocycles. The number of rotatable bonds is 0. The molecule has 0 unspecified atom stereocenters. The van der Waals surface area contributed by atoms with Crippen LogP contribution in [0.3, 0.4) is 0 Å². The zero-order valence-corrected chi connectivity index (χ0v) is 6.56. The molecule has 2 aromatic heterocycles. The van der Waals surface area contributed by atoms with Crippen molar-refractivity contribution in [3.8, 4) is 0 Å². The largest absolute Gasteiger partial charge is 0.283 e. The second kappa shape index (κ2) is 2.53. The van der Waals surface area contributed by atoms with Crippen molar-refractivity contribution in [2.24, 2.45) is 0 Å². The van der Waals surface area contributed by atoms with Gasteiger partial charge >= 0.3 is 0 Å². The predicted octanol–water partition coefficient (Wildman–Crippen LogP) is 0.188. The van der Waals surface area contributed by atoms with Gasteiger partial charge in [0.2, 0.25) is 0 Å². The van der Waals surface area contributed by atoms with Gasteiger partial charge in [-0.15, -0.1) is 0 Å². The maximum absolute atomic E-state index is 11.1. The van der Waals surface area contributed by atoms with Gasteiger partial charge in [-0.1, -0.05) is 0 Å². The van der Waals surface area contributed by atoms with Crippen LogP contribution in [0.5, 0.6) is 0 Å². The number of hydrogen-bond acceptors (Lipinski definition) is 4. The van der Waals surface area contributed by atoms with Crippen LogP contribution in [0, 0.1) is 0 Å². The molecule has 2 heterocycles. The predicted molar refractivity (Wildman–Crippen MR) is 42.8 cm³/mol. The van der Waals surface area contributed by atoms with E-state index in [4.69, 9.17) is 11.8 Å². The Morgan fingerprint density at radius 1 is 1.42 bits per heavy atom. The van der Waals surface area contributed by atoms with Crippen molar-refractivity contribution in [2.45, 2.75) is 0 Å². The highest BCUT2D eigenvalue weighted by Gasteiger charge is 2.01. The summed E-state index contributed by atoms with van der Waals surface area (Å²) in [6.45, 7) is 0. The Balaban J connectivity index is 3.05. The summed E-state index contributed by atoms with van der Waals surface area (Å²) in [5.74, 6) is 0. The minimum atomic E-state index is -0.373. The SMILES string of the molecule is O=c1ncn(Cl)c2ncncc12. The molecular formula is C6H3ClN4O. The van der Waals surface area contributed by atoms with Gasteiger partial charge in [-0.2, -0.15) is 4.98 Å². The number of fused-ring (bicyclic) bond motifs is 1. The number of nitrogens with zero attached hydrogens (tertiary/aromatic N) is 4. The maximum atomic E-state index is 11.1. The molecule has 2 aromatic rings. The molecule has 60 valence electrons. The highest BCUT2D eigenvalue weighted by molar-refractivity contribution is 6.17. The van der Waals surface area contributed by atoms with Crippen molar-refractivity contribution < 1.29 is 0 Å². The first-order valence-electron chi connectivity index (χ1n) is 3.12. The van der Waals surface area contributed by atoms with Crippen LogP contribution in [0.4, 0.5) is 0 Å². The summed E-state index contributed by atoms with van der Waals surface area (Å²) in [5.41, 5.74) is -0.00540. The number of hydrogen-bond donors (Lipinski definition) is 0. The Kier molecular flexibility index (Phi) is 1.51. The third-order valence-electron chi connectivity index (χ3n) is 1.40. The summed E-state index contributed by atoms with van der Waals surface area (Å²) < 4.78 is 1.15. The lowest BCUT2D eigenvalue weighted by atomic mass is 10.4. The van der Waals surface area contributed by atoms with Gasteiger partial charge in [-0.25, -0.2) is 14.1 Å². The van der Waals surface area contributed by atoms with Gasteiger partial charge in [0.1, 0.15) is 18.0 Å². The zero-order chi connectivity index (χ0) is 8.55. The van der Waals surface area contributed by atoms with E-state index in [1.54, 1.807) is 0 Å². The Hall–Kier alpha value is -1.49. The lowest BCUT2D eigenvalue weighted by Crippen LogP contribution is -2.09. The van der Waals surface area contributed by atoms with Gasteiger partial charge in [0.15, 0.2) is 5.65 Å². The van der Waals surface area contributed by atoms with E-state index in [9.17, 15) is 4.79 Å². The summed E-state index contributed by atoms with van der Waals surface area (Å²) >= 11 is 5.65. The van der Waals surface area contributed by atoms with E-state index in [2.05, 4.69) is 15.0 Å². The fourth-order valence-electron chi connectivity index (χ4n) is 0.872. The van der Waals surface area contributed by atoms with Crippen LogP contribution in [-0.4, -0.2) is 19.0 Å². The van der Waals surface area contributed by atoms with Crippen molar-refractivity contribution in [1.29, 1.82) is 0 Å². The Labute approximate surface area is 71.8 Å². The summed E-state index contributed by atoms with van der Waals surface area (Å²) in [7, 11) is 0. The second-order valence-corrected chi connectivity index (χ2v) is 2.49. The monoisotopic (exact) mass is 182 g/mol. The van der Waals surface area contributed by atoms with Gasteiger partial charge in [0.05, 0.1) is 0 Å². The lowest BCUT2D eigenvalue weighted by Gasteiger charge is -1.96. The van der Waals surface area contributed by atoms with E-state index in [-0.39, 0.29) is 5.56 Å². The fraction of sp³-hybridized carbons (Fsp3) is 0. The highest BCUT2D eigenvalue weighted by Crippen LogP contribution is 2.03. The minimum absolute atomic E-state index is 0.315. The molecule has 5 nitrogen and oxygen atoms in total. The van der Waals surface area contributed by atoms with Crippen LogP contribution in [0.15, 0.2) is 23.6 Å². The molecule has 0 spiro atoms. The van der Waals surface area contributed by atoms with Gasteiger partial charge < -0.3 is 0 Å². The molecule has 0 bridgehead atoms. The van der Waals surface area contributed by atoms with Crippen LogP contribution >= 0.6 is 11.8 Å². The third-order valence-corrected chi connectivity index (χ3v) is 1.65. The van der Waals surface area contributed by atoms with Crippen LogP contribution < -0.4 is 5.56 Å². The van der Waals surface area contributed by atoms with Gasteiger partial charge in [0, 0.05) is 18.0 Å². The Morgan fingerprint density at radius 3 is 3.00 bits per heavy atom. The lowest BCUT2D eigenvalue weighted by molar-refractivity contribution is 1.06. The molecule has 0 amide bonds. The first kappa shape index (κ1) is 7.17. The van der Waals surface area contributed by atoms with Crippen molar-refractivity contribution in [3.05, 3.63) is 29.2 Å². The Bertz CT molecular complexity index is 480. The molecule has 0 fully saturated rings. The maximum Gasteiger partial charge on any atom is 0.283 e. The van der Waals surface area contributed by atoms with E-state index in [0.717, 1.165) is 4.09 Å². The molecule has 6 heteroatoms. The molecular weight excluding hydrogens is 180 g/mol. The quantitative estimate of drug-likeness (QED) is 0.584. The molecule has 12 heavy (non-hydrogen) atoms. The molecule has 0 atom stereocenters. The molecule has 2 rings (SSSR count). The Morgan fingerprint density at radius 2 is 2.25 bits per heavy atom. The van der Waals surface area contributed by atoms with Gasteiger partial charge in [-0.3, -0.25) is 4.79 Å². The van der Waals surface area contributed by atoms with E-state index < -0.39 is 0 Å². The van der Waals surface area contributed by atoms with Crippen molar-refractivity contribution in [3.63, 3.8) is 0 Å². The number of halogens is 1. The third kappa shape index (κ3) is 0.947. The first-order chi connectivity index (χ1) is 5.79. The van der Waals surface area contributed by atoms with Crippen molar-refractivity contribution in [2.75, 3.05) is 0 Å². The van der Waals surface area contributed by atoms with E-state index in [0.29, 0.717) is 11.0 Å². The van der Waals surface area contributed by atoms with Gasteiger partial charge in [0.25, 0.3) is 5.56 Å². The molecule has 0 radical (unpaired) electrons. The summed E-state index contributed by atoms with van der Waals surface area (Å²) in [5, 5.41) is 0.315. The van der Waals surface area contributed by atoms with Crippen LogP contribution in [-0.2, 0) is 0 Å². The highest BCUT2D eigenvalue weighted by atomic mass is 35.5. The molecule has 0 saturated heterocycles. The fourth-order valence-corrected chi connectivity index (χ4v) is 1.05. The van der Waals surface area contributed by atoms with Gasteiger partial charge in [-0.05, 0) is 0 Å². The molecule has 0 aliphatic heterocycles. The molecule has 0 N–H and O–H groups in total. The topological polar surface area (TPSA) is 60.7 Å². The normalized spacial score (nSPS) is 10.4. The van der Waals surface area contributed by atoms with E-state index in [1.807, 2.05) is 0 Å². The van der Waals surface area contributed by atoms with Crippen LogP contribution in [0.25, 0.3) is 11.0 Å². The van der Waals surface area contributed by atoms with Crippen LogP contribution in [0.2, 0.25) is 0 Å². The zero-order valence-electron chi connectivity index (χ0n) is 5.81. The van der Waals surface area contributed by atoms with Crippen LogP contribution in [0.1, 0.15) is 0 Å². The average Bonchev–Trinajstić information content (AvgIpc) is 2.12. The minimum Gasteiger partial charge on any atom is -0.267 e. The molecule has 0 saturated carbocycles. The smallest absolute Gasteiger partial charge is 0.267 e. The second-order valence-electron chi connectivity index (χ2n) is 2.12. The summed E-state index contributed by atoms with van der Waals surface area (Å²) in [6, 6.07) is 0. The molecule has 0 aromatic carbocycles.